The molecule has 5 heteroatoms. The number of aromatic nitrogens is 2. The van der Waals surface area contributed by atoms with Gasteiger partial charge in [-0.05, 0) is 36.8 Å². The lowest BCUT2D eigenvalue weighted by molar-refractivity contribution is 0.0173. The van der Waals surface area contributed by atoms with Crippen LogP contribution >= 0.6 is 0 Å². The standard InChI is InChI=1S/C21H27F2N3/c1-15-8-9-19(10-15)26(16(2)20-13-25(4)14-24-20)12-17-6-5-7-18(11-17)21(3,22)23/h5-7,11,13-15,19H,2,8-10,12H2,1,3-4H3. The number of alkyl halides is 2. The summed E-state index contributed by atoms with van der Waals surface area (Å²) in [5, 5.41) is 0. The van der Waals surface area contributed by atoms with Crippen LogP contribution in [0.15, 0.2) is 43.4 Å². The van der Waals surface area contributed by atoms with Gasteiger partial charge >= 0.3 is 0 Å². The summed E-state index contributed by atoms with van der Waals surface area (Å²) in [6.45, 7) is 8.05. The third-order valence-corrected chi connectivity index (χ3v) is 5.24. The van der Waals surface area contributed by atoms with E-state index in [1.54, 1.807) is 18.5 Å². The van der Waals surface area contributed by atoms with E-state index in [4.69, 9.17) is 0 Å². The Labute approximate surface area is 154 Å². The normalized spacial score (nSPS) is 20.3. The number of nitrogens with zero attached hydrogens (tertiary/aromatic N) is 3. The number of aryl methyl sites for hydroxylation is 1. The van der Waals surface area contributed by atoms with Gasteiger partial charge in [-0.3, -0.25) is 0 Å². The second-order valence-electron chi connectivity index (χ2n) is 7.66. The first-order valence-corrected chi connectivity index (χ1v) is 9.15. The molecule has 1 aliphatic rings. The van der Waals surface area contributed by atoms with Crippen molar-refractivity contribution in [2.75, 3.05) is 0 Å². The zero-order valence-electron chi connectivity index (χ0n) is 15.8. The van der Waals surface area contributed by atoms with Gasteiger partial charge in [-0.25, -0.2) is 13.8 Å². The summed E-state index contributed by atoms with van der Waals surface area (Å²) in [5.74, 6) is -2.16. The highest BCUT2D eigenvalue weighted by molar-refractivity contribution is 5.58. The van der Waals surface area contributed by atoms with Crippen molar-refractivity contribution in [1.29, 1.82) is 0 Å². The van der Waals surface area contributed by atoms with Gasteiger partial charge in [0.1, 0.15) is 5.69 Å². The van der Waals surface area contributed by atoms with Crippen LogP contribution in [0, 0.1) is 5.92 Å². The molecule has 1 aliphatic carbocycles. The average Bonchev–Trinajstić information content (AvgIpc) is 3.20. The van der Waals surface area contributed by atoms with Gasteiger partial charge in [-0.1, -0.05) is 31.7 Å². The average molecular weight is 359 g/mol. The summed E-state index contributed by atoms with van der Waals surface area (Å²) in [7, 11) is 1.93. The van der Waals surface area contributed by atoms with Crippen LogP contribution in [0.1, 0.15) is 49.9 Å². The second kappa shape index (κ2) is 7.22. The predicted octanol–water partition coefficient (Wildman–Crippen LogP) is 5.19. The van der Waals surface area contributed by atoms with Gasteiger partial charge in [0.2, 0.25) is 0 Å². The highest BCUT2D eigenvalue weighted by Crippen LogP contribution is 2.34. The molecule has 0 amide bonds. The van der Waals surface area contributed by atoms with E-state index >= 15 is 0 Å². The molecular weight excluding hydrogens is 332 g/mol. The Balaban J connectivity index is 1.88. The SMILES string of the molecule is C=C(c1cn(C)cn1)N(Cc1cccc(C(C)(F)F)c1)C1CCC(C)C1. The van der Waals surface area contributed by atoms with Crippen LogP contribution < -0.4 is 0 Å². The van der Waals surface area contributed by atoms with E-state index in [2.05, 4.69) is 23.4 Å². The Bertz CT molecular complexity index is 776. The van der Waals surface area contributed by atoms with Gasteiger partial charge in [-0.15, -0.1) is 0 Å². The van der Waals surface area contributed by atoms with Crippen LogP contribution in [0.25, 0.3) is 5.70 Å². The number of halogens is 2. The van der Waals surface area contributed by atoms with Crippen LogP contribution in [0.2, 0.25) is 0 Å². The molecule has 2 atom stereocenters. The van der Waals surface area contributed by atoms with E-state index in [0.29, 0.717) is 18.5 Å². The molecule has 3 nitrogen and oxygen atoms in total. The fraction of sp³-hybridized carbons (Fsp3) is 0.476. The summed E-state index contributed by atoms with van der Waals surface area (Å²) < 4.78 is 29.3. The molecule has 1 fully saturated rings. The number of imidazole rings is 1. The lowest BCUT2D eigenvalue weighted by Gasteiger charge is -2.32. The Morgan fingerprint density at radius 3 is 2.73 bits per heavy atom. The Kier molecular flexibility index (Phi) is 5.17. The third kappa shape index (κ3) is 4.14. The van der Waals surface area contributed by atoms with Crippen molar-refractivity contribution in [1.82, 2.24) is 14.5 Å². The molecular formula is C21H27F2N3. The maximum absolute atomic E-state index is 13.7. The molecule has 1 saturated carbocycles. The van der Waals surface area contributed by atoms with E-state index in [-0.39, 0.29) is 5.56 Å². The van der Waals surface area contributed by atoms with Crippen molar-refractivity contribution < 1.29 is 8.78 Å². The quantitative estimate of drug-likeness (QED) is 0.707. The van der Waals surface area contributed by atoms with Gasteiger partial charge in [0.25, 0.3) is 5.92 Å². The van der Waals surface area contributed by atoms with E-state index in [1.165, 1.54) is 12.5 Å². The van der Waals surface area contributed by atoms with Crippen LogP contribution in [-0.4, -0.2) is 20.5 Å². The molecule has 0 aliphatic heterocycles. The zero-order chi connectivity index (χ0) is 18.9. The first-order valence-electron chi connectivity index (χ1n) is 9.15. The van der Waals surface area contributed by atoms with Gasteiger partial charge in [0.15, 0.2) is 0 Å². The molecule has 0 spiro atoms. The molecule has 26 heavy (non-hydrogen) atoms. The molecule has 0 N–H and O–H groups in total. The van der Waals surface area contributed by atoms with Crippen molar-refractivity contribution in [2.45, 2.75) is 51.6 Å². The fourth-order valence-corrected chi connectivity index (χ4v) is 3.75. The van der Waals surface area contributed by atoms with Gasteiger partial charge < -0.3 is 9.47 Å². The fourth-order valence-electron chi connectivity index (χ4n) is 3.75. The van der Waals surface area contributed by atoms with Crippen molar-refractivity contribution in [3.05, 3.63) is 60.2 Å². The van der Waals surface area contributed by atoms with Crippen LogP contribution in [0.3, 0.4) is 0 Å². The highest BCUT2D eigenvalue weighted by Gasteiger charge is 2.29. The lowest BCUT2D eigenvalue weighted by atomic mass is 10.0. The summed E-state index contributed by atoms with van der Waals surface area (Å²) >= 11 is 0. The predicted molar refractivity (Wildman–Crippen MR) is 101 cm³/mol. The van der Waals surface area contributed by atoms with Crippen molar-refractivity contribution in [3.8, 4) is 0 Å². The summed E-state index contributed by atoms with van der Waals surface area (Å²) in [5.41, 5.74) is 2.63. The minimum absolute atomic E-state index is 0.0539. The summed E-state index contributed by atoms with van der Waals surface area (Å²) in [4.78, 5) is 6.68. The Morgan fingerprint density at radius 1 is 1.38 bits per heavy atom. The zero-order valence-corrected chi connectivity index (χ0v) is 15.8. The Hall–Kier alpha value is -2.17. The second-order valence-corrected chi connectivity index (χ2v) is 7.66. The molecule has 0 bridgehead atoms. The van der Waals surface area contributed by atoms with Gasteiger partial charge in [-0.2, -0.15) is 0 Å². The molecule has 2 aromatic rings. The van der Waals surface area contributed by atoms with E-state index < -0.39 is 5.92 Å². The highest BCUT2D eigenvalue weighted by atomic mass is 19.3. The van der Waals surface area contributed by atoms with Crippen LogP contribution in [-0.2, 0) is 19.5 Å². The smallest absolute Gasteiger partial charge is 0.270 e. The monoisotopic (exact) mass is 359 g/mol. The largest absolute Gasteiger partial charge is 0.363 e. The van der Waals surface area contributed by atoms with Crippen LogP contribution in [0.5, 0.6) is 0 Å². The molecule has 1 aromatic carbocycles. The van der Waals surface area contributed by atoms with Gasteiger partial charge in [0.05, 0.1) is 12.0 Å². The minimum Gasteiger partial charge on any atom is -0.363 e. The maximum Gasteiger partial charge on any atom is 0.270 e. The van der Waals surface area contributed by atoms with E-state index in [1.807, 2.05) is 23.9 Å². The minimum atomic E-state index is -2.83. The van der Waals surface area contributed by atoms with Crippen molar-refractivity contribution in [2.24, 2.45) is 13.0 Å². The van der Waals surface area contributed by atoms with E-state index in [9.17, 15) is 8.78 Å². The van der Waals surface area contributed by atoms with Crippen molar-refractivity contribution in [3.63, 3.8) is 0 Å². The molecule has 140 valence electrons. The van der Waals surface area contributed by atoms with E-state index in [0.717, 1.165) is 36.7 Å². The lowest BCUT2D eigenvalue weighted by Crippen LogP contribution is -2.31. The molecule has 1 aromatic heterocycles. The molecule has 0 saturated heterocycles. The summed E-state index contributed by atoms with van der Waals surface area (Å²) in [6, 6.07) is 7.08. The molecule has 3 rings (SSSR count). The summed E-state index contributed by atoms with van der Waals surface area (Å²) in [6.07, 6.45) is 7.08. The number of hydrogen-bond acceptors (Lipinski definition) is 2. The number of hydrogen-bond donors (Lipinski definition) is 0. The number of benzene rings is 1. The third-order valence-electron chi connectivity index (χ3n) is 5.24. The molecule has 2 unspecified atom stereocenters. The first-order chi connectivity index (χ1) is 12.2. The topological polar surface area (TPSA) is 21.1 Å². The molecule has 0 radical (unpaired) electrons. The van der Waals surface area contributed by atoms with Crippen molar-refractivity contribution >= 4 is 5.70 Å². The van der Waals surface area contributed by atoms with Gasteiger partial charge in [0, 0.05) is 38.3 Å². The maximum atomic E-state index is 13.7. The Morgan fingerprint density at radius 2 is 2.15 bits per heavy atom. The first kappa shape index (κ1) is 18.6. The number of rotatable bonds is 6. The molecule has 1 heterocycles. The van der Waals surface area contributed by atoms with Crippen LogP contribution in [0.4, 0.5) is 8.78 Å².